The minimum absolute atomic E-state index is 0.0164. The quantitative estimate of drug-likeness (QED) is 0.394. The van der Waals surface area contributed by atoms with Gasteiger partial charge < -0.3 is 10.3 Å². The minimum atomic E-state index is -0.574. The molecule has 0 spiro atoms. The van der Waals surface area contributed by atoms with Crippen LogP contribution in [0.1, 0.15) is 25.1 Å². The molecular weight excluding hydrogens is 431 g/mol. The molecule has 2 N–H and O–H groups in total. The maximum absolute atomic E-state index is 14.7. The molecule has 0 saturated carbocycles. The van der Waals surface area contributed by atoms with Crippen LogP contribution in [0.3, 0.4) is 0 Å². The molecule has 5 rings (SSSR count). The Morgan fingerprint density at radius 3 is 2.81 bits per heavy atom. The highest BCUT2D eigenvalue weighted by molar-refractivity contribution is 6.32. The van der Waals surface area contributed by atoms with Crippen molar-refractivity contribution in [2.24, 2.45) is 0 Å². The second-order valence-corrected chi connectivity index (χ2v) is 7.70. The highest BCUT2D eigenvalue weighted by Gasteiger charge is 2.22. The third kappa shape index (κ3) is 3.29. The lowest BCUT2D eigenvalue weighted by atomic mass is 10.0. The SMILES string of the molecule is CC[C@H](Nc1ncnc2[nH]cnc12)c1cc2cccc(F)c2c(=O)n1-c1ccccc1Cl. The van der Waals surface area contributed by atoms with E-state index in [0.717, 1.165) is 0 Å². The summed E-state index contributed by atoms with van der Waals surface area (Å²) in [6, 6.07) is 13.1. The summed E-state index contributed by atoms with van der Waals surface area (Å²) in [6.07, 6.45) is 3.59. The van der Waals surface area contributed by atoms with Crippen molar-refractivity contribution < 1.29 is 4.39 Å². The number of hydrogen-bond acceptors (Lipinski definition) is 5. The molecule has 0 radical (unpaired) electrons. The average molecular weight is 449 g/mol. The molecule has 2 aromatic carbocycles. The summed E-state index contributed by atoms with van der Waals surface area (Å²) in [4.78, 5) is 29.3. The predicted octanol–water partition coefficient (Wildman–Crippen LogP) is 5.01. The summed E-state index contributed by atoms with van der Waals surface area (Å²) in [5, 5.41) is 4.30. The van der Waals surface area contributed by atoms with Crippen LogP contribution in [-0.4, -0.2) is 24.5 Å². The van der Waals surface area contributed by atoms with E-state index >= 15 is 0 Å². The van der Waals surface area contributed by atoms with Crippen molar-refractivity contribution in [2.75, 3.05) is 5.32 Å². The van der Waals surface area contributed by atoms with Crippen LogP contribution in [0.2, 0.25) is 5.02 Å². The fourth-order valence-electron chi connectivity index (χ4n) is 3.90. The second-order valence-electron chi connectivity index (χ2n) is 7.29. The molecular formula is C23H18ClFN6O. The van der Waals surface area contributed by atoms with Crippen LogP contribution in [0, 0.1) is 5.82 Å². The Kier molecular flexibility index (Phi) is 5.07. The summed E-state index contributed by atoms with van der Waals surface area (Å²) in [5.41, 5.74) is 1.82. The van der Waals surface area contributed by atoms with Crippen molar-refractivity contribution in [1.29, 1.82) is 0 Å². The number of H-pyrrole nitrogens is 1. The first-order valence-electron chi connectivity index (χ1n) is 10.1. The van der Waals surface area contributed by atoms with Crippen LogP contribution in [-0.2, 0) is 0 Å². The Hall–Kier alpha value is -3.78. The number of rotatable bonds is 5. The van der Waals surface area contributed by atoms with E-state index < -0.39 is 11.4 Å². The summed E-state index contributed by atoms with van der Waals surface area (Å²) in [6.45, 7) is 1.98. The van der Waals surface area contributed by atoms with Gasteiger partial charge in [0.1, 0.15) is 17.7 Å². The number of nitrogens with one attached hydrogen (secondary N) is 2. The number of nitrogens with zero attached hydrogens (tertiary/aromatic N) is 4. The zero-order valence-corrected chi connectivity index (χ0v) is 17.8. The number of para-hydroxylation sites is 1. The van der Waals surface area contributed by atoms with Gasteiger partial charge in [-0.15, -0.1) is 0 Å². The van der Waals surface area contributed by atoms with Gasteiger partial charge in [0.15, 0.2) is 11.5 Å². The Labute approximate surface area is 186 Å². The lowest BCUT2D eigenvalue weighted by molar-refractivity contribution is 0.635. The fourth-order valence-corrected chi connectivity index (χ4v) is 4.12. The van der Waals surface area contributed by atoms with Crippen LogP contribution in [0.25, 0.3) is 27.6 Å². The smallest absolute Gasteiger partial charge is 0.266 e. The van der Waals surface area contributed by atoms with Gasteiger partial charge >= 0.3 is 0 Å². The standard InChI is InChI=1S/C23H18ClFN6O/c1-2-16(30-22-20-21(27-11-26-20)28-12-29-22)18-10-13-6-5-8-15(25)19(13)23(32)31(18)17-9-4-3-7-14(17)24/h3-12,16H,2H2,1H3,(H2,26,27,28,29,30)/t16-/m0/s1. The monoisotopic (exact) mass is 448 g/mol. The zero-order chi connectivity index (χ0) is 22.2. The van der Waals surface area contributed by atoms with Gasteiger partial charge in [0.05, 0.1) is 28.5 Å². The van der Waals surface area contributed by atoms with Crippen molar-refractivity contribution in [3.63, 3.8) is 0 Å². The van der Waals surface area contributed by atoms with Crippen LogP contribution >= 0.6 is 11.6 Å². The number of anilines is 1. The van der Waals surface area contributed by atoms with E-state index in [1.165, 1.54) is 17.0 Å². The number of imidazole rings is 1. The van der Waals surface area contributed by atoms with Crippen LogP contribution < -0.4 is 10.9 Å². The summed E-state index contributed by atoms with van der Waals surface area (Å²) in [5.74, 6) is -0.0458. The molecule has 9 heteroatoms. The maximum Gasteiger partial charge on any atom is 0.266 e. The molecule has 0 fully saturated rings. The van der Waals surface area contributed by atoms with E-state index in [1.54, 1.807) is 42.7 Å². The van der Waals surface area contributed by atoms with Crippen LogP contribution in [0.4, 0.5) is 10.2 Å². The van der Waals surface area contributed by atoms with Gasteiger partial charge in [-0.3, -0.25) is 9.36 Å². The predicted molar refractivity (Wildman–Crippen MR) is 123 cm³/mol. The number of aromatic amines is 1. The van der Waals surface area contributed by atoms with E-state index in [9.17, 15) is 9.18 Å². The fraction of sp³-hybridized carbons (Fsp3) is 0.130. The molecule has 3 aromatic heterocycles. The Balaban J connectivity index is 1.76. The topological polar surface area (TPSA) is 88.5 Å². The molecule has 160 valence electrons. The van der Waals surface area contributed by atoms with E-state index in [1.807, 2.05) is 13.0 Å². The number of fused-ring (bicyclic) bond motifs is 2. The van der Waals surface area contributed by atoms with Crippen molar-refractivity contribution >= 4 is 39.4 Å². The van der Waals surface area contributed by atoms with Gasteiger partial charge in [0, 0.05) is 5.69 Å². The molecule has 0 aliphatic rings. The van der Waals surface area contributed by atoms with Crippen LogP contribution in [0.15, 0.2) is 66.0 Å². The molecule has 7 nitrogen and oxygen atoms in total. The Morgan fingerprint density at radius 2 is 2.00 bits per heavy atom. The molecule has 0 unspecified atom stereocenters. The highest BCUT2D eigenvalue weighted by atomic mass is 35.5. The van der Waals surface area contributed by atoms with Gasteiger partial charge in [0.25, 0.3) is 5.56 Å². The molecule has 0 saturated heterocycles. The van der Waals surface area contributed by atoms with Crippen molar-refractivity contribution in [2.45, 2.75) is 19.4 Å². The lowest BCUT2D eigenvalue weighted by Crippen LogP contribution is -2.27. The molecule has 32 heavy (non-hydrogen) atoms. The maximum atomic E-state index is 14.7. The Bertz CT molecular complexity index is 1510. The number of pyridine rings is 1. The summed E-state index contributed by atoms with van der Waals surface area (Å²) in [7, 11) is 0. The molecule has 0 amide bonds. The molecule has 1 atom stereocenters. The number of halogens is 2. The van der Waals surface area contributed by atoms with Gasteiger partial charge in [-0.1, -0.05) is 42.8 Å². The van der Waals surface area contributed by atoms with E-state index in [-0.39, 0.29) is 11.4 Å². The minimum Gasteiger partial charge on any atom is -0.360 e. The van der Waals surface area contributed by atoms with Crippen molar-refractivity contribution in [3.8, 4) is 5.69 Å². The van der Waals surface area contributed by atoms with E-state index in [0.29, 0.717) is 45.2 Å². The van der Waals surface area contributed by atoms with Gasteiger partial charge in [-0.2, -0.15) is 0 Å². The van der Waals surface area contributed by atoms with Crippen molar-refractivity contribution in [1.82, 2.24) is 24.5 Å². The first-order chi connectivity index (χ1) is 15.6. The average Bonchev–Trinajstić information content (AvgIpc) is 3.28. The number of hydrogen-bond donors (Lipinski definition) is 2. The van der Waals surface area contributed by atoms with Gasteiger partial charge in [-0.05, 0) is 36.1 Å². The second kappa shape index (κ2) is 8.05. The normalized spacial score (nSPS) is 12.3. The van der Waals surface area contributed by atoms with E-state index in [4.69, 9.17) is 11.6 Å². The lowest BCUT2D eigenvalue weighted by Gasteiger charge is -2.24. The van der Waals surface area contributed by atoms with Gasteiger partial charge in [-0.25, -0.2) is 19.3 Å². The molecule has 5 aromatic rings. The van der Waals surface area contributed by atoms with Gasteiger partial charge in [0.2, 0.25) is 0 Å². The first kappa shape index (κ1) is 20.1. The summed E-state index contributed by atoms with van der Waals surface area (Å²) >= 11 is 6.46. The molecule has 0 aliphatic heterocycles. The van der Waals surface area contributed by atoms with E-state index in [2.05, 4.69) is 25.3 Å². The highest BCUT2D eigenvalue weighted by Crippen LogP contribution is 2.30. The van der Waals surface area contributed by atoms with Crippen LogP contribution in [0.5, 0.6) is 0 Å². The third-order valence-corrected chi connectivity index (χ3v) is 5.73. The zero-order valence-electron chi connectivity index (χ0n) is 17.0. The van der Waals surface area contributed by atoms with Crippen molar-refractivity contribution in [3.05, 3.63) is 88.1 Å². The third-order valence-electron chi connectivity index (χ3n) is 5.41. The molecule has 0 aliphatic carbocycles. The first-order valence-corrected chi connectivity index (χ1v) is 10.5. The molecule has 3 heterocycles. The number of aromatic nitrogens is 5. The largest absolute Gasteiger partial charge is 0.360 e. The molecule has 0 bridgehead atoms. The number of benzene rings is 2. The Morgan fingerprint density at radius 1 is 1.16 bits per heavy atom. The summed E-state index contributed by atoms with van der Waals surface area (Å²) < 4.78 is 16.1.